The predicted octanol–water partition coefficient (Wildman–Crippen LogP) is 2.29. The van der Waals surface area contributed by atoms with Gasteiger partial charge in [0.25, 0.3) is 5.91 Å². The van der Waals surface area contributed by atoms with E-state index in [1.54, 1.807) is 12.3 Å². The van der Waals surface area contributed by atoms with E-state index in [9.17, 15) is 14.7 Å². The number of benzene rings is 1. The highest BCUT2D eigenvalue weighted by molar-refractivity contribution is 7.24. The van der Waals surface area contributed by atoms with E-state index >= 15 is 0 Å². The van der Waals surface area contributed by atoms with Crippen molar-refractivity contribution in [3.05, 3.63) is 52.3 Å². The zero-order valence-corrected chi connectivity index (χ0v) is 18.5. The van der Waals surface area contributed by atoms with Crippen molar-refractivity contribution in [2.45, 2.75) is 12.8 Å². The maximum atomic E-state index is 13.6. The van der Waals surface area contributed by atoms with E-state index in [4.69, 9.17) is 0 Å². The second-order valence-electron chi connectivity index (χ2n) is 7.93. The summed E-state index contributed by atoms with van der Waals surface area (Å²) < 4.78 is 2.87. The molecular formula is C23H25N5O3S. The number of anilines is 1. The molecule has 1 aliphatic heterocycles. The molecule has 0 bridgehead atoms. The van der Waals surface area contributed by atoms with E-state index in [1.807, 2.05) is 28.7 Å². The average molecular weight is 452 g/mol. The van der Waals surface area contributed by atoms with Crippen LogP contribution < -0.4 is 16.1 Å². The summed E-state index contributed by atoms with van der Waals surface area (Å²) in [6.45, 7) is 3.61. The number of aromatic nitrogens is 2. The van der Waals surface area contributed by atoms with Gasteiger partial charge in [-0.05, 0) is 44.1 Å². The SMILES string of the molecule is O=C(NCCN1CCCC1)c1c(=O)c2c(NCCO)ccnc2n2c1sc1ccccc12. The van der Waals surface area contributed by atoms with Gasteiger partial charge in [-0.1, -0.05) is 12.1 Å². The summed E-state index contributed by atoms with van der Waals surface area (Å²) in [6.07, 6.45) is 4.02. The van der Waals surface area contributed by atoms with Crippen molar-refractivity contribution in [1.29, 1.82) is 0 Å². The van der Waals surface area contributed by atoms with Gasteiger partial charge >= 0.3 is 0 Å². The Bertz CT molecular complexity index is 1360. The van der Waals surface area contributed by atoms with Crippen molar-refractivity contribution >= 4 is 49.0 Å². The molecule has 1 aromatic carbocycles. The summed E-state index contributed by atoms with van der Waals surface area (Å²) in [4.78, 5) is 34.3. The van der Waals surface area contributed by atoms with Crippen LogP contribution in [0.3, 0.4) is 0 Å². The van der Waals surface area contributed by atoms with Crippen LogP contribution in [-0.4, -0.2) is 64.6 Å². The molecule has 1 amide bonds. The van der Waals surface area contributed by atoms with Crippen molar-refractivity contribution in [1.82, 2.24) is 19.6 Å². The Balaban J connectivity index is 1.66. The number of nitrogens with zero attached hydrogens (tertiary/aromatic N) is 3. The molecule has 1 fully saturated rings. The van der Waals surface area contributed by atoms with Crippen molar-refractivity contribution in [2.75, 3.05) is 44.6 Å². The molecule has 32 heavy (non-hydrogen) atoms. The topological polar surface area (TPSA) is 99.0 Å². The average Bonchev–Trinajstić information content (AvgIpc) is 3.45. The molecule has 3 N–H and O–H groups in total. The van der Waals surface area contributed by atoms with E-state index in [0.29, 0.717) is 34.6 Å². The summed E-state index contributed by atoms with van der Waals surface area (Å²) in [6, 6.07) is 9.52. The first-order valence-electron chi connectivity index (χ1n) is 10.9. The van der Waals surface area contributed by atoms with Gasteiger partial charge in [0.2, 0.25) is 5.43 Å². The fourth-order valence-electron chi connectivity index (χ4n) is 4.39. The van der Waals surface area contributed by atoms with Crippen LogP contribution in [0, 0.1) is 0 Å². The number of amides is 1. The zero-order chi connectivity index (χ0) is 22.1. The Hall–Kier alpha value is -3.01. The molecule has 0 atom stereocenters. The fraction of sp³-hybridized carbons (Fsp3) is 0.348. The van der Waals surface area contributed by atoms with E-state index in [0.717, 1.165) is 29.9 Å². The summed E-state index contributed by atoms with van der Waals surface area (Å²) in [7, 11) is 0. The van der Waals surface area contributed by atoms with Crippen molar-refractivity contribution in [2.24, 2.45) is 0 Å². The Morgan fingerprint density at radius 2 is 1.97 bits per heavy atom. The smallest absolute Gasteiger partial charge is 0.258 e. The quantitative estimate of drug-likeness (QED) is 0.399. The van der Waals surface area contributed by atoms with Gasteiger partial charge in [-0.2, -0.15) is 0 Å². The van der Waals surface area contributed by atoms with Crippen LogP contribution in [0.5, 0.6) is 0 Å². The number of pyridine rings is 2. The summed E-state index contributed by atoms with van der Waals surface area (Å²) in [5.41, 5.74) is 1.75. The molecule has 0 saturated carbocycles. The number of carbonyl (C=O) groups excluding carboxylic acids is 1. The van der Waals surface area contributed by atoms with E-state index in [-0.39, 0.29) is 23.5 Å². The lowest BCUT2D eigenvalue weighted by molar-refractivity contribution is 0.0950. The standard InChI is InChI=1S/C23H25N5O3S/c29-14-10-24-15-7-8-25-21-18(15)20(30)19(22(31)26-9-13-27-11-3-4-12-27)23-28(21)16-5-1-2-6-17(16)32-23/h1-2,5-8,29H,3-4,9-14H2,(H,24,25)(H,26,31). The van der Waals surface area contributed by atoms with Gasteiger partial charge in [-0.15, -0.1) is 11.3 Å². The van der Waals surface area contributed by atoms with Crippen LogP contribution in [0.2, 0.25) is 0 Å². The molecule has 4 heterocycles. The van der Waals surface area contributed by atoms with Gasteiger partial charge in [0.05, 0.1) is 27.9 Å². The molecular weight excluding hydrogens is 426 g/mol. The van der Waals surface area contributed by atoms with Gasteiger partial charge in [0.15, 0.2) is 5.65 Å². The first kappa shape index (κ1) is 20.9. The highest BCUT2D eigenvalue weighted by atomic mass is 32.1. The lowest BCUT2D eigenvalue weighted by Crippen LogP contribution is -2.36. The maximum absolute atomic E-state index is 13.6. The number of likely N-dealkylation sites (tertiary alicyclic amines) is 1. The first-order valence-corrected chi connectivity index (χ1v) is 11.7. The molecule has 5 rings (SSSR count). The maximum Gasteiger partial charge on any atom is 0.258 e. The number of para-hydroxylation sites is 1. The number of nitrogens with one attached hydrogen (secondary N) is 2. The molecule has 9 heteroatoms. The second-order valence-corrected chi connectivity index (χ2v) is 8.96. The van der Waals surface area contributed by atoms with Gasteiger partial charge in [0.1, 0.15) is 10.4 Å². The molecule has 0 spiro atoms. The van der Waals surface area contributed by atoms with Gasteiger partial charge in [-0.25, -0.2) is 4.98 Å². The number of hydrogen-bond acceptors (Lipinski definition) is 7. The highest BCUT2D eigenvalue weighted by Gasteiger charge is 2.24. The molecule has 0 radical (unpaired) electrons. The van der Waals surface area contributed by atoms with Gasteiger partial charge < -0.3 is 20.6 Å². The molecule has 0 aliphatic carbocycles. The number of fused-ring (bicyclic) bond motifs is 5. The molecule has 3 aromatic heterocycles. The minimum Gasteiger partial charge on any atom is -0.395 e. The lowest BCUT2D eigenvalue weighted by Gasteiger charge is -2.15. The Morgan fingerprint density at radius 3 is 2.78 bits per heavy atom. The molecule has 8 nitrogen and oxygen atoms in total. The van der Waals surface area contributed by atoms with Crippen molar-refractivity contribution in [3.63, 3.8) is 0 Å². The van der Waals surface area contributed by atoms with Crippen LogP contribution in [0.1, 0.15) is 23.2 Å². The minimum absolute atomic E-state index is 0.0708. The molecule has 1 saturated heterocycles. The number of rotatable bonds is 7. The van der Waals surface area contributed by atoms with Crippen molar-refractivity contribution < 1.29 is 9.90 Å². The van der Waals surface area contributed by atoms with Crippen LogP contribution in [-0.2, 0) is 0 Å². The third-order valence-electron chi connectivity index (χ3n) is 5.89. The third-order valence-corrected chi connectivity index (χ3v) is 7.04. The number of thiazole rings is 1. The Kier molecular flexibility index (Phi) is 5.77. The number of carbonyl (C=O) groups is 1. The monoisotopic (exact) mass is 451 g/mol. The second kappa shape index (κ2) is 8.85. The van der Waals surface area contributed by atoms with Gasteiger partial charge in [0, 0.05) is 25.8 Å². The van der Waals surface area contributed by atoms with E-state index in [1.165, 1.54) is 24.2 Å². The summed E-state index contributed by atoms with van der Waals surface area (Å²) >= 11 is 1.42. The fourth-order valence-corrected chi connectivity index (χ4v) is 5.57. The minimum atomic E-state index is -0.364. The molecule has 4 aromatic rings. The van der Waals surface area contributed by atoms with Crippen LogP contribution in [0.4, 0.5) is 5.69 Å². The normalized spacial score (nSPS) is 14.5. The number of aliphatic hydroxyl groups is 1. The molecule has 0 unspecified atom stereocenters. The highest BCUT2D eigenvalue weighted by Crippen LogP contribution is 2.32. The Labute approximate surface area is 188 Å². The Morgan fingerprint density at radius 1 is 1.16 bits per heavy atom. The van der Waals surface area contributed by atoms with Gasteiger partial charge in [-0.3, -0.25) is 14.0 Å². The number of aliphatic hydroxyl groups excluding tert-OH is 1. The van der Waals surface area contributed by atoms with Crippen molar-refractivity contribution in [3.8, 4) is 0 Å². The molecule has 166 valence electrons. The van der Waals surface area contributed by atoms with E-state index in [2.05, 4.69) is 20.5 Å². The van der Waals surface area contributed by atoms with Crippen LogP contribution >= 0.6 is 11.3 Å². The largest absolute Gasteiger partial charge is 0.395 e. The number of hydrogen-bond donors (Lipinski definition) is 3. The van der Waals surface area contributed by atoms with Crippen LogP contribution in [0.25, 0.3) is 26.1 Å². The third kappa shape index (κ3) is 3.62. The zero-order valence-electron chi connectivity index (χ0n) is 17.6. The summed E-state index contributed by atoms with van der Waals surface area (Å²) in [5.74, 6) is -0.364. The lowest BCUT2D eigenvalue weighted by atomic mass is 10.1. The molecule has 1 aliphatic rings. The summed E-state index contributed by atoms with van der Waals surface area (Å²) in [5, 5.41) is 15.7. The van der Waals surface area contributed by atoms with E-state index < -0.39 is 0 Å². The van der Waals surface area contributed by atoms with Crippen LogP contribution in [0.15, 0.2) is 41.3 Å². The predicted molar refractivity (Wildman–Crippen MR) is 128 cm³/mol. The first-order chi connectivity index (χ1) is 15.7.